The Hall–Kier alpha value is -0.460. The van der Waals surface area contributed by atoms with Crippen molar-refractivity contribution in [3.05, 3.63) is 12.2 Å². The van der Waals surface area contributed by atoms with Crippen molar-refractivity contribution in [3.8, 4) is 0 Å². The first-order valence-electron chi connectivity index (χ1n) is 7.55. The van der Waals surface area contributed by atoms with Crippen LogP contribution in [0.25, 0.3) is 0 Å². The summed E-state index contributed by atoms with van der Waals surface area (Å²) in [6.07, 6.45) is 8.21. The summed E-state index contributed by atoms with van der Waals surface area (Å²) in [6.45, 7) is 2.87. The van der Waals surface area contributed by atoms with Crippen molar-refractivity contribution < 1.29 is 20.4 Å². The number of rotatable bonds is 13. The molecule has 0 amide bonds. The van der Waals surface area contributed by atoms with E-state index >= 15 is 0 Å². The van der Waals surface area contributed by atoms with E-state index in [1.807, 2.05) is 11.8 Å². The highest BCUT2D eigenvalue weighted by atomic mass is 16.3. The largest absolute Gasteiger partial charge is 0.394 e. The van der Waals surface area contributed by atoms with Crippen molar-refractivity contribution in [2.45, 2.75) is 51.2 Å². The van der Waals surface area contributed by atoms with Crippen molar-refractivity contribution in [2.24, 2.45) is 0 Å². The van der Waals surface area contributed by atoms with Crippen LogP contribution in [0.15, 0.2) is 12.2 Å². The summed E-state index contributed by atoms with van der Waals surface area (Å²) in [7, 11) is 0. The van der Waals surface area contributed by atoms with E-state index in [9.17, 15) is 10.2 Å². The standard InChI is InChI=1S/C15H31NO4/c1-2-3-4-5-6-7-8-9-16(10-14(19)12-17)11-15(20)13-18/h2-3,14-15,17-20H,4-13H2,1H3/b3-2+. The molecular formula is C15H31NO4. The molecule has 0 aliphatic carbocycles. The zero-order valence-electron chi connectivity index (χ0n) is 12.6. The Morgan fingerprint density at radius 2 is 1.45 bits per heavy atom. The quantitative estimate of drug-likeness (QED) is 0.293. The lowest BCUT2D eigenvalue weighted by atomic mass is 10.1. The van der Waals surface area contributed by atoms with E-state index in [1.54, 1.807) is 0 Å². The van der Waals surface area contributed by atoms with Gasteiger partial charge < -0.3 is 20.4 Å². The van der Waals surface area contributed by atoms with Crippen LogP contribution in [0.3, 0.4) is 0 Å². The average Bonchev–Trinajstić information content (AvgIpc) is 2.45. The molecule has 0 bridgehead atoms. The third-order valence-corrected chi connectivity index (χ3v) is 3.19. The Balaban J connectivity index is 3.84. The number of nitrogens with zero attached hydrogens (tertiary/aromatic N) is 1. The predicted octanol–water partition coefficient (Wildman–Crippen LogP) is 0.521. The second-order valence-electron chi connectivity index (χ2n) is 5.20. The molecule has 0 aromatic rings. The average molecular weight is 289 g/mol. The Labute approximate surface area is 122 Å². The van der Waals surface area contributed by atoms with Crippen LogP contribution in [-0.2, 0) is 0 Å². The summed E-state index contributed by atoms with van der Waals surface area (Å²) in [5.41, 5.74) is 0. The van der Waals surface area contributed by atoms with E-state index in [0.717, 1.165) is 25.8 Å². The lowest BCUT2D eigenvalue weighted by molar-refractivity contribution is 0.0228. The molecule has 0 aromatic heterocycles. The number of allylic oxidation sites excluding steroid dienone is 2. The van der Waals surface area contributed by atoms with E-state index in [-0.39, 0.29) is 13.2 Å². The maximum absolute atomic E-state index is 9.47. The van der Waals surface area contributed by atoms with Crippen LogP contribution in [0.2, 0.25) is 0 Å². The van der Waals surface area contributed by atoms with Crippen molar-refractivity contribution >= 4 is 0 Å². The molecule has 120 valence electrons. The highest BCUT2D eigenvalue weighted by molar-refractivity contribution is 4.76. The van der Waals surface area contributed by atoms with Gasteiger partial charge in [0.2, 0.25) is 0 Å². The third-order valence-electron chi connectivity index (χ3n) is 3.19. The third kappa shape index (κ3) is 11.4. The first-order chi connectivity index (χ1) is 9.63. The van der Waals surface area contributed by atoms with Crippen LogP contribution in [-0.4, -0.2) is 70.4 Å². The van der Waals surface area contributed by atoms with Gasteiger partial charge in [0.05, 0.1) is 25.4 Å². The van der Waals surface area contributed by atoms with Gasteiger partial charge in [-0.15, -0.1) is 0 Å². The van der Waals surface area contributed by atoms with Gasteiger partial charge in [0.25, 0.3) is 0 Å². The van der Waals surface area contributed by atoms with Gasteiger partial charge in [0.1, 0.15) is 0 Å². The van der Waals surface area contributed by atoms with Crippen LogP contribution in [0, 0.1) is 0 Å². The monoisotopic (exact) mass is 289 g/mol. The fraction of sp³-hybridized carbons (Fsp3) is 0.867. The highest BCUT2D eigenvalue weighted by Gasteiger charge is 2.14. The van der Waals surface area contributed by atoms with Crippen LogP contribution >= 0.6 is 0 Å². The minimum Gasteiger partial charge on any atom is -0.394 e. The lowest BCUT2D eigenvalue weighted by Gasteiger charge is -2.26. The number of unbranched alkanes of at least 4 members (excludes halogenated alkanes) is 4. The number of aliphatic hydroxyl groups excluding tert-OH is 4. The van der Waals surface area contributed by atoms with Crippen molar-refractivity contribution in [2.75, 3.05) is 32.8 Å². The Bertz CT molecular complexity index is 224. The smallest absolute Gasteiger partial charge is 0.0897 e. The summed E-state index contributed by atoms with van der Waals surface area (Å²) < 4.78 is 0. The zero-order valence-corrected chi connectivity index (χ0v) is 12.6. The normalized spacial score (nSPS) is 15.1. The molecule has 5 heteroatoms. The van der Waals surface area contributed by atoms with Gasteiger partial charge in [-0.2, -0.15) is 0 Å². The van der Waals surface area contributed by atoms with E-state index < -0.39 is 12.2 Å². The zero-order chi connectivity index (χ0) is 15.2. The maximum Gasteiger partial charge on any atom is 0.0897 e. The number of hydrogen-bond acceptors (Lipinski definition) is 5. The van der Waals surface area contributed by atoms with Gasteiger partial charge in [-0.1, -0.05) is 25.0 Å². The molecule has 2 atom stereocenters. The molecule has 0 aromatic carbocycles. The molecule has 4 N–H and O–H groups in total. The molecule has 0 rings (SSSR count). The van der Waals surface area contributed by atoms with Crippen molar-refractivity contribution in [3.63, 3.8) is 0 Å². The molecule has 0 radical (unpaired) electrons. The molecule has 0 fully saturated rings. The minimum absolute atomic E-state index is 0.283. The molecule has 0 saturated carbocycles. The molecule has 0 heterocycles. The fourth-order valence-electron chi connectivity index (χ4n) is 2.09. The first-order valence-corrected chi connectivity index (χ1v) is 7.55. The van der Waals surface area contributed by atoms with E-state index in [1.165, 1.54) is 12.8 Å². The van der Waals surface area contributed by atoms with Crippen LogP contribution in [0.4, 0.5) is 0 Å². The van der Waals surface area contributed by atoms with Gasteiger partial charge in [0, 0.05) is 13.1 Å². The molecule has 0 saturated heterocycles. The summed E-state index contributed by atoms with van der Waals surface area (Å²) in [5, 5.41) is 36.7. The Kier molecular flexibility index (Phi) is 13.2. The van der Waals surface area contributed by atoms with Gasteiger partial charge in [-0.25, -0.2) is 0 Å². The summed E-state index contributed by atoms with van der Waals surface area (Å²) >= 11 is 0. The molecule has 2 unspecified atom stereocenters. The summed E-state index contributed by atoms with van der Waals surface area (Å²) in [5.74, 6) is 0. The Morgan fingerprint density at radius 3 is 1.95 bits per heavy atom. The topological polar surface area (TPSA) is 84.2 Å². The second kappa shape index (κ2) is 13.5. The van der Waals surface area contributed by atoms with E-state index in [2.05, 4.69) is 12.2 Å². The first kappa shape index (κ1) is 19.5. The van der Waals surface area contributed by atoms with Crippen LogP contribution in [0.5, 0.6) is 0 Å². The van der Waals surface area contributed by atoms with Crippen LogP contribution < -0.4 is 0 Å². The van der Waals surface area contributed by atoms with Gasteiger partial charge >= 0.3 is 0 Å². The molecular weight excluding hydrogens is 258 g/mol. The van der Waals surface area contributed by atoms with Crippen LogP contribution in [0.1, 0.15) is 39.0 Å². The molecule has 5 nitrogen and oxygen atoms in total. The Morgan fingerprint density at radius 1 is 0.900 bits per heavy atom. The van der Waals surface area contributed by atoms with E-state index in [0.29, 0.717) is 13.1 Å². The summed E-state index contributed by atoms with van der Waals surface area (Å²) in [6, 6.07) is 0. The van der Waals surface area contributed by atoms with Gasteiger partial charge in [-0.05, 0) is 32.7 Å². The van der Waals surface area contributed by atoms with Crippen molar-refractivity contribution in [1.29, 1.82) is 0 Å². The van der Waals surface area contributed by atoms with E-state index in [4.69, 9.17) is 10.2 Å². The predicted molar refractivity (Wildman–Crippen MR) is 80.5 cm³/mol. The fourth-order valence-corrected chi connectivity index (χ4v) is 2.09. The van der Waals surface area contributed by atoms with Crippen molar-refractivity contribution in [1.82, 2.24) is 4.90 Å². The van der Waals surface area contributed by atoms with Gasteiger partial charge in [0.15, 0.2) is 0 Å². The molecule has 20 heavy (non-hydrogen) atoms. The van der Waals surface area contributed by atoms with Gasteiger partial charge in [-0.3, -0.25) is 4.90 Å². The summed E-state index contributed by atoms with van der Waals surface area (Å²) in [4.78, 5) is 1.90. The lowest BCUT2D eigenvalue weighted by Crippen LogP contribution is -2.40. The maximum atomic E-state index is 9.47. The molecule has 0 aliphatic rings. The highest BCUT2D eigenvalue weighted by Crippen LogP contribution is 2.06. The SMILES string of the molecule is C/C=C/CCCCCCN(CC(O)CO)CC(O)CO. The number of aliphatic hydroxyl groups is 4. The minimum atomic E-state index is -0.796. The number of hydrogen-bond donors (Lipinski definition) is 4. The second-order valence-corrected chi connectivity index (χ2v) is 5.20. The molecule has 0 spiro atoms. The molecule has 0 aliphatic heterocycles.